The van der Waals surface area contributed by atoms with Gasteiger partial charge in [-0.05, 0) is 23.8 Å². The van der Waals surface area contributed by atoms with Gasteiger partial charge in [0.05, 0.1) is 6.20 Å². The van der Waals surface area contributed by atoms with Crippen LogP contribution in [-0.2, 0) is 0 Å². The van der Waals surface area contributed by atoms with E-state index in [9.17, 15) is 8.78 Å². The molecule has 0 aliphatic carbocycles. The Morgan fingerprint density at radius 1 is 1.00 bits per heavy atom. The maximum atomic E-state index is 12.9. The van der Waals surface area contributed by atoms with Crippen LogP contribution in [0.5, 0.6) is 0 Å². The van der Waals surface area contributed by atoms with Crippen molar-refractivity contribution in [2.24, 2.45) is 0 Å². The SMILES string of the molecule is Fc1ccc(-c2cc(F)cnc2Cl)cc1. The van der Waals surface area contributed by atoms with Gasteiger partial charge in [-0.2, -0.15) is 0 Å². The van der Waals surface area contributed by atoms with Gasteiger partial charge in [-0.3, -0.25) is 0 Å². The summed E-state index contributed by atoms with van der Waals surface area (Å²) >= 11 is 5.80. The fourth-order valence-corrected chi connectivity index (χ4v) is 1.47. The summed E-state index contributed by atoms with van der Waals surface area (Å²) in [5.74, 6) is -0.821. The van der Waals surface area contributed by atoms with Crippen molar-refractivity contribution in [3.05, 3.63) is 53.3 Å². The normalized spacial score (nSPS) is 10.3. The molecule has 4 heteroatoms. The molecule has 0 atom stereocenters. The van der Waals surface area contributed by atoms with Crippen LogP contribution in [0.15, 0.2) is 36.5 Å². The largest absolute Gasteiger partial charge is 0.241 e. The zero-order valence-electron chi connectivity index (χ0n) is 7.55. The Labute approximate surface area is 90.3 Å². The van der Waals surface area contributed by atoms with Crippen LogP contribution < -0.4 is 0 Å². The zero-order chi connectivity index (χ0) is 10.8. The lowest BCUT2D eigenvalue weighted by Gasteiger charge is -2.03. The third-order valence-corrected chi connectivity index (χ3v) is 2.26. The van der Waals surface area contributed by atoms with Crippen LogP contribution in [0.3, 0.4) is 0 Å². The van der Waals surface area contributed by atoms with Gasteiger partial charge in [-0.1, -0.05) is 23.7 Å². The first-order valence-electron chi connectivity index (χ1n) is 4.24. The third kappa shape index (κ3) is 2.13. The van der Waals surface area contributed by atoms with Crippen LogP contribution in [0.25, 0.3) is 11.1 Å². The monoisotopic (exact) mass is 225 g/mol. The minimum Gasteiger partial charge on any atom is -0.241 e. The first-order valence-corrected chi connectivity index (χ1v) is 4.61. The van der Waals surface area contributed by atoms with Gasteiger partial charge in [-0.25, -0.2) is 13.8 Å². The molecule has 1 aromatic carbocycles. The van der Waals surface area contributed by atoms with E-state index in [2.05, 4.69) is 4.98 Å². The summed E-state index contributed by atoms with van der Waals surface area (Å²) < 4.78 is 25.6. The molecule has 1 aromatic heterocycles. The number of hydrogen-bond donors (Lipinski definition) is 0. The molecule has 0 saturated heterocycles. The summed E-state index contributed by atoms with van der Waals surface area (Å²) in [6.07, 6.45) is 1.04. The topological polar surface area (TPSA) is 12.9 Å². The fraction of sp³-hybridized carbons (Fsp3) is 0. The quantitative estimate of drug-likeness (QED) is 0.675. The lowest BCUT2D eigenvalue weighted by molar-refractivity contribution is 0.622. The second-order valence-electron chi connectivity index (χ2n) is 3.00. The highest BCUT2D eigenvalue weighted by atomic mass is 35.5. The number of rotatable bonds is 1. The van der Waals surface area contributed by atoms with Crippen molar-refractivity contribution in [2.45, 2.75) is 0 Å². The van der Waals surface area contributed by atoms with Gasteiger partial charge in [0.1, 0.15) is 16.8 Å². The average Bonchev–Trinajstić information content (AvgIpc) is 2.23. The van der Waals surface area contributed by atoms with Gasteiger partial charge in [0.2, 0.25) is 0 Å². The van der Waals surface area contributed by atoms with Crippen LogP contribution in [0.4, 0.5) is 8.78 Å². The molecule has 0 bridgehead atoms. The Morgan fingerprint density at radius 3 is 2.33 bits per heavy atom. The Morgan fingerprint density at radius 2 is 1.67 bits per heavy atom. The predicted molar refractivity (Wildman–Crippen MR) is 54.6 cm³/mol. The van der Waals surface area contributed by atoms with Crippen molar-refractivity contribution in [3.8, 4) is 11.1 Å². The highest BCUT2D eigenvalue weighted by molar-refractivity contribution is 6.32. The summed E-state index contributed by atoms with van der Waals surface area (Å²) in [4.78, 5) is 3.67. The highest BCUT2D eigenvalue weighted by Crippen LogP contribution is 2.26. The number of aromatic nitrogens is 1. The van der Waals surface area contributed by atoms with Crippen molar-refractivity contribution >= 4 is 11.6 Å². The fourth-order valence-electron chi connectivity index (χ4n) is 1.25. The van der Waals surface area contributed by atoms with Gasteiger partial charge >= 0.3 is 0 Å². The van der Waals surface area contributed by atoms with E-state index in [1.807, 2.05) is 0 Å². The summed E-state index contributed by atoms with van der Waals surface area (Å²) in [7, 11) is 0. The van der Waals surface area contributed by atoms with Crippen LogP contribution in [0, 0.1) is 11.6 Å². The molecule has 0 unspecified atom stereocenters. The molecule has 0 amide bonds. The molecule has 0 N–H and O–H groups in total. The van der Waals surface area contributed by atoms with Gasteiger partial charge in [0.15, 0.2) is 0 Å². The van der Waals surface area contributed by atoms with Crippen molar-refractivity contribution in [1.29, 1.82) is 0 Å². The maximum Gasteiger partial charge on any atom is 0.142 e. The number of halogens is 3. The molecule has 1 heterocycles. The number of hydrogen-bond acceptors (Lipinski definition) is 1. The summed E-state index contributed by atoms with van der Waals surface area (Å²) in [6, 6.07) is 6.89. The minimum absolute atomic E-state index is 0.197. The third-order valence-electron chi connectivity index (χ3n) is 1.96. The molecule has 15 heavy (non-hydrogen) atoms. The van der Waals surface area contributed by atoms with Gasteiger partial charge < -0.3 is 0 Å². The Kier molecular flexibility index (Phi) is 2.64. The minimum atomic E-state index is -0.473. The lowest BCUT2D eigenvalue weighted by Crippen LogP contribution is -1.86. The van der Waals surface area contributed by atoms with E-state index in [4.69, 9.17) is 11.6 Å². The number of nitrogens with zero attached hydrogens (tertiary/aromatic N) is 1. The van der Waals surface area contributed by atoms with Crippen LogP contribution in [0.1, 0.15) is 0 Å². The predicted octanol–water partition coefficient (Wildman–Crippen LogP) is 3.68. The molecule has 76 valence electrons. The zero-order valence-corrected chi connectivity index (χ0v) is 8.30. The Balaban J connectivity index is 2.53. The standard InChI is InChI=1S/C11H6ClF2N/c12-11-10(5-9(14)6-15-11)7-1-3-8(13)4-2-7/h1-6H. The molecule has 1 nitrogen and oxygen atoms in total. The Hall–Kier alpha value is -1.48. The summed E-state index contributed by atoms with van der Waals surface area (Å²) in [5.41, 5.74) is 1.09. The van der Waals surface area contributed by atoms with Gasteiger partial charge in [0.25, 0.3) is 0 Å². The van der Waals surface area contributed by atoms with Gasteiger partial charge in [0, 0.05) is 5.56 Å². The van der Waals surface area contributed by atoms with Crippen LogP contribution >= 0.6 is 11.6 Å². The second-order valence-corrected chi connectivity index (χ2v) is 3.36. The van der Waals surface area contributed by atoms with Crippen molar-refractivity contribution in [1.82, 2.24) is 4.98 Å². The molecule has 0 radical (unpaired) electrons. The summed E-state index contributed by atoms with van der Waals surface area (Å²) in [5, 5.41) is 0.197. The van der Waals surface area contributed by atoms with E-state index in [0.717, 1.165) is 6.20 Å². The van der Waals surface area contributed by atoms with Crippen molar-refractivity contribution in [3.63, 3.8) is 0 Å². The lowest BCUT2D eigenvalue weighted by atomic mass is 10.1. The average molecular weight is 226 g/mol. The molecule has 0 spiro atoms. The maximum absolute atomic E-state index is 12.9. The molecule has 0 aliphatic rings. The van der Waals surface area contributed by atoms with Crippen LogP contribution in [-0.4, -0.2) is 4.98 Å². The second kappa shape index (κ2) is 3.95. The number of pyridine rings is 1. The van der Waals surface area contributed by atoms with E-state index in [0.29, 0.717) is 11.1 Å². The summed E-state index contributed by atoms with van der Waals surface area (Å²) in [6.45, 7) is 0. The van der Waals surface area contributed by atoms with Crippen molar-refractivity contribution < 1.29 is 8.78 Å². The highest BCUT2D eigenvalue weighted by Gasteiger charge is 2.06. The molecule has 0 saturated carbocycles. The number of benzene rings is 1. The van der Waals surface area contributed by atoms with E-state index >= 15 is 0 Å². The molecule has 0 fully saturated rings. The molecular weight excluding hydrogens is 220 g/mol. The van der Waals surface area contributed by atoms with Gasteiger partial charge in [-0.15, -0.1) is 0 Å². The van der Waals surface area contributed by atoms with Crippen LogP contribution in [0.2, 0.25) is 5.15 Å². The molecular formula is C11H6ClF2N. The smallest absolute Gasteiger partial charge is 0.142 e. The first kappa shape index (κ1) is 10.1. The first-order chi connectivity index (χ1) is 7.16. The van der Waals surface area contributed by atoms with E-state index in [1.54, 1.807) is 0 Å². The Bertz CT molecular complexity index is 482. The van der Waals surface area contributed by atoms with E-state index in [-0.39, 0.29) is 11.0 Å². The van der Waals surface area contributed by atoms with Crippen molar-refractivity contribution in [2.75, 3.05) is 0 Å². The van der Waals surface area contributed by atoms with E-state index < -0.39 is 5.82 Å². The molecule has 2 rings (SSSR count). The van der Waals surface area contributed by atoms with E-state index in [1.165, 1.54) is 30.3 Å². The molecule has 2 aromatic rings. The molecule has 0 aliphatic heterocycles.